The largest absolute Gasteiger partial charge is 0.376 e. The minimum Gasteiger partial charge on any atom is -0.376 e. The lowest BCUT2D eigenvalue weighted by Gasteiger charge is -2.28. The van der Waals surface area contributed by atoms with Gasteiger partial charge in [-0.15, -0.1) is 17.4 Å². The van der Waals surface area contributed by atoms with Crippen LogP contribution in [0.3, 0.4) is 0 Å². The quantitative estimate of drug-likeness (QED) is 0.689. The fourth-order valence-electron chi connectivity index (χ4n) is 3.64. The van der Waals surface area contributed by atoms with E-state index in [9.17, 15) is 0 Å². The Morgan fingerprint density at radius 3 is 2.84 bits per heavy atom. The molecule has 8 nitrogen and oxygen atoms in total. The first-order chi connectivity index (χ1) is 12.1. The zero-order valence-electron chi connectivity index (χ0n) is 14.7. The van der Waals surface area contributed by atoms with Gasteiger partial charge in [-0.2, -0.15) is 10.2 Å². The summed E-state index contributed by atoms with van der Waals surface area (Å²) in [5, 5.41) is 24.6. The van der Waals surface area contributed by atoms with Crippen LogP contribution in [0.25, 0.3) is 0 Å². The molecule has 0 radical (unpaired) electrons. The first kappa shape index (κ1) is 16.6. The van der Waals surface area contributed by atoms with Crippen LogP contribution in [0.15, 0.2) is 10.2 Å². The van der Waals surface area contributed by atoms with Crippen LogP contribution in [-0.4, -0.2) is 45.1 Å². The number of aromatic nitrogens is 4. The summed E-state index contributed by atoms with van der Waals surface area (Å²) in [5.74, 6) is 4.28. The van der Waals surface area contributed by atoms with E-state index in [-0.39, 0.29) is 17.3 Å². The van der Waals surface area contributed by atoms with Gasteiger partial charge in [0.1, 0.15) is 5.54 Å². The first-order valence-corrected chi connectivity index (χ1v) is 9.16. The average Bonchev–Trinajstić information content (AvgIpc) is 3.48. The van der Waals surface area contributed by atoms with Crippen molar-refractivity contribution in [1.29, 1.82) is 0 Å². The van der Waals surface area contributed by atoms with Crippen molar-refractivity contribution >= 4 is 0 Å². The first-order valence-electron chi connectivity index (χ1n) is 9.16. The zero-order valence-corrected chi connectivity index (χ0v) is 14.7. The van der Waals surface area contributed by atoms with Gasteiger partial charge in [-0.3, -0.25) is 0 Å². The van der Waals surface area contributed by atoms with Crippen molar-refractivity contribution in [2.24, 2.45) is 16.1 Å². The Morgan fingerprint density at radius 2 is 2.20 bits per heavy atom. The van der Waals surface area contributed by atoms with Gasteiger partial charge in [0.05, 0.1) is 12.7 Å². The summed E-state index contributed by atoms with van der Waals surface area (Å²) in [7, 11) is 0. The lowest BCUT2D eigenvalue weighted by atomic mass is 9.94. The Labute approximate surface area is 147 Å². The Kier molecular flexibility index (Phi) is 4.29. The van der Waals surface area contributed by atoms with E-state index in [1.54, 1.807) is 0 Å². The van der Waals surface area contributed by atoms with Crippen molar-refractivity contribution in [3.8, 4) is 12.3 Å². The molecule has 2 fully saturated rings. The highest BCUT2D eigenvalue weighted by Gasteiger charge is 2.46. The lowest BCUT2D eigenvalue weighted by Crippen LogP contribution is -2.47. The monoisotopic (exact) mass is 343 g/mol. The second-order valence-electron chi connectivity index (χ2n) is 7.60. The van der Waals surface area contributed by atoms with Crippen molar-refractivity contribution in [2.75, 3.05) is 13.2 Å². The Balaban J connectivity index is 1.43. The number of rotatable bonds is 9. The number of nitrogens with one attached hydrogen (secondary N) is 1. The molecule has 25 heavy (non-hydrogen) atoms. The summed E-state index contributed by atoms with van der Waals surface area (Å²) in [4.78, 5) is 0. The number of nitrogens with zero attached hydrogens (tertiary/aromatic N) is 6. The molecule has 1 aromatic rings. The molecule has 1 saturated carbocycles. The maximum atomic E-state index is 5.89. The molecule has 8 heteroatoms. The molecular formula is C17H25N7O. The molecule has 0 bridgehead atoms. The number of terminal acetylenes is 1. The van der Waals surface area contributed by atoms with Gasteiger partial charge in [0.25, 0.3) is 0 Å². The van der Waals surface area contributed by atoms with Crippen LogP contribution >= 0.6 is 0 Å². The molecule has 0 spiro atoms. The number of hydrogen-bond donors (Lipinski definition) is 1. The van der Waals surface area contributed by atoms with Gasteiger partial charge < -0.3 is 10.1 Å². The maximum absolute atomic E-state index is 5.89. The Morgan fingerprint density at radius 1 is 1.36 bits per heavy atom. The Bertz CT molecular complexity index is 683. The van der Waals surface area contributed by atoms with E-state index in [0.29, 0.717) is 13.0 Å². The van der Waals surface area contributed by atoms with E-state index in [1.807, 2.05) is 4.68 Å². The van der Waals surface area contributed by atoms with Crippen molar-refractivity contribution in [3.05, 3.63) is 5.82 Å². The molecule has 1 aromatic heterocycles. The van der Waals surface area contributed by atoms with E-state index in [0.717, 1.165) is 44.1 Å². The molecule has 3 heterocycles. The lowest BCUT2D eigenvalue weighted by molar-refractivity contribution is 0.110. The third kappa shape index (κ3) is 3.58. The summed E-state index contributed by atoms with van der Waals surface area (Å²) in [6.07, 6.45) is 11.3. The van der Waals surface area contributed by atoms with Crippen LogP contribution in [0, 0.1) is 18.3 Å². The predicted octanol–water partition coefficient (Wildman–Crippen LogP) is 1.64. The van der Waals surface area contributed by atoms with E-state index in [4.69, 9.17) is 11.2 Å². The van der Waals surface area contributed by atoms with Crippen molar-refractivity contribution in [1.82, 2.24) is 25.5 Å². The highest BCUT2D eigenvalue weighted by molar-refractivity contribution is 5.10. The predicted molar refractivity (Wildman–Crippen MR) is 90.5 cm³/mol. The van der Waals surface area contributed by atoms with Gasteiger partial charge >= 0.3 is 0 Å². The van der Waals surface area contributed by atoms with Gasteiger partial charge in [-0.25, -0.2) is 4.68 Å². The third-order valence-electron chi connectivity index (χ3n) is 5.38. The van der Waals surface area contributed by atoms with Crippen molar-refractivity contribution < 1.29 is 4.74 Å². The van der Waals surface area contributed by atoms with Gasteiger partial charge in [-0.05, 0) is 36.1 Å². The van der Waals surface area contributed by atoms with Crippen LogP contribution < -0.4 is 5.32 Å². The topological polar surface area (TPSA) is 89.6 Å². The molecule has 0 aromatic carbocycles. The molecule has 0 amide bonds. The fraction of sp³-hybridized carbons (Fsp3) is 0.824. The van der Waals surface area contributed by atoms with Crippen LogP contribution in [0.4, 0.5) is 0 Å². The molecule has 1 N–H and O–H groups in total. The van der Waals surface area contributed by atoms with Crippen LogP contribution in [0.5, 0.6) is 0 Å². The van der Waals surface area contributed by atoms with Crippen molar-refractivity contribution in [2.45, 2.75) is 69.3 Å². The van der Waals surface area contributed by atoms with E-state index >= 15 is 0 Å². The molecule has 2 unspecified atom stereocenters. The summed E-state index contributed by atoms with van der Waals surface area (Å²) in [5.41, 5.74) is -0.606. The number of hydrogen-bond acceptors (Lipinski definition) is 7. The summed E-state index contributed by atoms with van der Waals surface area (Å²) in [6.45, 7) is 4.37. The normalized spacial score (nSPS) is 29.7. The number of tetrazole rings is 1. The molecule has 4 rings (SSSR count). The highest BCUT2D eigenvalue weighted by Crippen LogP contribution is 2.38. The van der Waals surface area contributed by atoms with Crippen LogP contribution in [0.1, 0.15) is 51.3 Å². The molecule has 2 aliphatic heterocycles. The SMILES string of the molecule is C#CCCC1(CCNC2(c3nnnn3CC3CC3)COC(C)C2)N=N1. The number of ether oxygens (including phenoxy) is 1. The molecule has 134 valence electrons. The van der Waals surface area contributed by atoms with Gasteiger partial charge in [0.2, 0.25) is 0 Å². The minimum absolute atomic E-state index is 0.185. The molecular weight excluding hydrogens is 318 g/mol. The Hall–Kier alpha value is -1.85. The molecule has 1 saturated heterocycles. The minimum atomic E-state index is -0.333. The smallest absolute Gasteiger partial charge is 0.193 e. The van der Waals surface area contributed by atoms with E-state index in [2.05, 4.69) is 43.9 Å². The fourth-order valence-corrected chi connectivity index (χ4v) is 3.64. The van der Waals surface area contributed by atoms with Gasteiger partial charge in [-0.1, -0.05) is 0 Å². The molecule has 3 aliphatic rings. The van der Waals surface area contributed by atoms with Crippen molar-refractivity contribution in [3.63, 3.8) is 0 Å². The average molecular weight is 343 g/mol. The second kappa shape index (κ2) is 6.46. The van der Waals surface area contributed by atoms with E-state index in [1.165, 1.54) is 12.8 Å². The standard InChI is InChI=1S/C17H25N7O/c1-3-4-7-17(20-21-17)8-9-18-16(10-13(2)25-12-16)15-19-22-23-24(15)11-14-5-6-14/h1,13-14,18H,4-12H2,2H3. The summed E-state index contributed by atoms with van der Waals surface area (Å²) in [6, 6.07) is 0. The van der Waals surface area contributed by atoms with Crippen LogP contribution in [-0.2, 0) is 16.8 Å². The summed E-state index contributed by atoms with van der Waals surface area (Å²) >= 11 is 0. The van der Waals surface area contributed by atoms with Crippen LogP contribution in [0.2, 0.25) is 0 Å². The van der Waals surface area contributed by atoms with Gasteiger partial charge in [0, 0.05) is 38.8 Å². The second-order valence-corrected chi connectivity index (χ2v) is 7.60. The summed E-state index contributed by atoms with van der Waals surface area (Å²) < 4.78 is 7.85. The molecule has 1 aliphatic carbocycles. The maximum Gasteiger partial charge on any atom is 0.193 e. The highest BCUT2D eigenvalue weighted by atomic mass is 16.5. The molecule has 2 atom stereocenters. The zero-order chi connectivity index (χ0) is 17.3. The van der Waals surface area contributed by atoms with E-state index < -0.39 is 0 Å². The third-order valence-corrected chi connectivity index (χ3v) is 5.38. The van der Waals surface area contributed by atoms with Gasteiger partial charge in [0.15, 0.2) is 11.5 Å².